The van der Waals surface area contributed by atoms with Gasteiger partial charge in [-0.1, -0.05) is 11.6 Å². The zero-order chi connectivity index (χ0) is 14.4. The minimum Gasteiger partial charge on any atom is -0.384 e. The number of nitrogens with one attached hydrogen (secondary N) is 1. The van der Waals surface area contributed by atoms with Gasteiger partial charge in [0.2, 0.25) is 0 Å². The van der Waals surface area contributed by atoms with Crippen molar-refractivity contribution in [2.45, 2.75) is 19.9 Å². The summed E-state index contributed by atoms with van der Waals surface area (Å²) in [6.45, 7) is 4.07. The number of rotatable bonds is 2. The highest BCUT2D eigenvalue weighted by Gasteiger charge is 2.15. The number of aromatic nitrogens is 2. The summed E-state index contributed by atoms with van der Waals surface area (Å²) in [4.78, 5) is 4.80. The van der Waals surface area contributed by atoms with Crippen molar-refractivity contribution in [3.8, 4) is 11.4 Å². The first kappa shape index (κ1) is 12.7. The van der Waals surface area contributed by atoms with Gasteiger partial charge in [-0.2, -0.15) is 0 Å². The van der Waals surface area contributed by atoms with E-state index in [4.69, 9.17) is 16.6 Å². The van der Waals surface area contributed by atoms with Gasteiger partial charge in [-0.05, 0) is 55.3 Å². The van der Waals surface area contributed by atoms with Gasteiger partial charge in [0.1, 0.15) is 5.82 Å². The molecular weight excluding hydrogens is 282 g/mol. The number of nitrogens with zero attached hydrogens (tertiary/aromatic N) is 2. The Hall–Kier alpha value is -2.00. The maximum Gasteiger partial charge on any atom is 0.141 e. The summed E-state index contributed by atoms with van der Waals surface area (Å²) in [6.07, 6.45) is 1.08. The molecule has 0 amide bonds. The molecule has 3 nitrogen and oxygen atoms in total. The molecule has 2 heterocycles. The van der Waals surface area contributed by atoms with E-state index in [9.17, 15) is 0 Å². The molecular formula is C17H16ClN3. The number of halogens is 1. The molecule has 1 aromatic heterocycles. The fourth-order valence-corrected chi connectivity index (χ4v) is 3.25. The lowest BCUT2D eigenvalue weighted by Gasteiger charge is -2.08. The van der Waals surface area contributed by atoms with Crippen molar-refractivity contribution in [1.82, 2.24) is 9.55 Å². The number of fused-ring (bicyclic) bond motifs is 2. The van der Waals surface area contributed by atoms with Crippen LogP contribution in [0.4, 0.5) is 5.69 Å². The quantitative estimate of drug-likeness (QED) is 0.762. The van der Waals surface area contributed by atoms with E-state index < -0.39 is 0 Å². The molecule has 4 heteroatoms. The number of aryl methyl sites for hydroxylation is 1. The van der Waals surface area contributed by atoms with Gasteiger partial charge in [0, 0.05) is 29.4 Å². The largest absolute Gasteiger partial charge is 0.384 e. The van der Waals surface area contributed by atoms with E-state index in [1.807, 2.05) is 18.2 Å². The number of hydrogen-bond donors (Lipinski definition) is 1. The Morgan fingerprint density at radius 2 is 2.14 bits per heavy atom. The van der Waals surface area contributed by atoms with Gasteiger partial charge < -0.3 is 9.88 Å². The average molecular weight is 298 g/mol. The highest BCUT2D eigenvalue weighted by atomic mass is 35.5. The van der Waals surface area contributed by atoms with Crippen LogP contribution in [-0.4, -0.2) is 16.1 Å². The third-order valence-corrected chi connectivity index (χ3v) is 4.33. The predicted octanol–water partition coefficient (Wildman–Crippen LogP) is 4.34. The van der Waals surface area contributed by atoms with Crippen molar-refractivity contribution in [3.05, 3.63) is 47.0 Å². The molecule has 0 saturated carbocycles. The Morgan fingerprint density at radius 3 is 3.00 bits per heavy atom. The lowest BCUT2D eigenvalue weighted by Crippen LogP contribution is -1.97. The molecule has 0 radical (unpaired) electrons. The Balaban J connectivity index is 1.93. The molecule has 0 saturated heterocycles. The lowest BCUT2D eigenvalue weighted by atomic mass is 10.1. The number of benzene rings is 2. The van der Waals surface area contributed by atoms with E-state index in [0.29, 0.717) is 0 Å². The summed E-state index contributed by atoms with van der Waals surface area (Å²) < 4.78 is 2.25. The SMILES string of the molecule is CCn1c(-c2ccc3c(c2)CCN3)nc2cc(Cl)ccc21. The van der Waals surface area contributed by atoms with Crippen LogP contribution >= 0.6 is 11.6 Å². The van der Waals surface area contributed by atoms with E-state index in [1.165, 1.54) is 16.8 Å². The Morgan fingerprint density at radius 1 is 1.24 bits per heavy atom. The first-order chi connectivity index (χ1) is 10.3. The van der Waals surface area contributed by atoms with E-state index in [-0.39, 0.29) is 0 Å². The average Bonchev–Trinajstić information content (AvgIpc) is 3.09. The first-order valence-electron chi connectivity index (χ1n) is 7.29. The highest BCUT2D eigenvalue weighted by molar-refractivity contribution is 6.31. The van der Waals surface area contributed by atoms with Gasteiger partial charge in [0.05, 0.1) is 11.0 Å². The third kappa shape index (κ3) is 2.00. The topological polar surface area (TPSA) is 29.9 Å². The third-order valence-electron chi connectivity index (χ3n) is 4.10. The molecule has 0 fully saturated rings. The molecule has 21 heavy (non-hydrogen) atoms. The number of hydrogen-bond acceptors (Lipinski definition) is 2. The van der Waals surface area contributed by atoms with Gasteiger partial charge in [-0.15, -0.1) is 0 Å². The van der Waals surface area contributed by atoms with E-state index in [2.05, 4.69) is 35.0 Å². The van der Waals surface area contributed by atoms with Crippen LogP contribution in [-0.2, 0) is 13.0 Å². The van der Waals surface area contributed by atoms with Gasteiger partial charge in [-0.3, -0.25) is 0 Å². The van der Waals surface area contributed by atoms with Gasteiger partial charge in [-0.25, -0.2) is 4.98 Å². The van der Waals surface area contributed by atoms with E-state index in [1.54, 1.807) is 0 Å². The number of anilines is 1. The lowest BCUT2D eigenvalue weighted by molar-refractivity contribution is 0.796. The van der Waals surface area contributed by atoms with Crippen LogP contribution in [0.15, 0.2) is 36.4 Å². The second kappa shape index (κ2) is 4.78. The second-order valence-corrected chi connectivity index (χ2v) is 5.80. The molecule has 2 aromatic carbocycles. The van der Waals surface area contributed by atoms with Crippen LogP contribution < -0.4 is 5.32 Å². The molecule has 1 aliphatic heterocycles. The first-order valence-corrected chi connectivity index (χ1v) is 7.67. The zero-order valence-electron chi connectivity index (χ0n) is 11.9. The monoisotopic (exact) mass is 297 g/mol. The second-order valence-electron chi connectivity index (χ2n) is 5.36. The molecule has 0 aliphatic carbocycles. The van der Waals surface area contributed by atoms with Crippen molar-refractivity contribution < 1.29 is 0 Å². The van der Waals surface area contributed by atoms with E-state index in [0.717, 1.165) is 41.4 Å². The van der Waals surface area contributed by atoms with Crippen LogP contribution in [0.3, 0.4) is 0 Å². The van der Waals surface area contributed by atoms with Crippen molar-refractivity contribution in [3.63, 3.8) is 0 Å². The summed E-state index contributed by atoms with van der Waals surface area (Å²) >= 11 is 6.09. The summed E-state index contributed by atoms with van der Waals surface area (Å²) in [5, 5.41) is 4.13. The van der Waals surface area contributed by atoms with E-state index >= 15 is 0 Å². The fraction of sp³-hybridized carbons (Fsp3) is 0.235. The minimum absolute atomic E-state index is 0.730. The molecule has 3 aromatic rings. The van der Waals surface area contributed by atoms with Crippen LogP contribution in [0.1, 0.15) is 12.5 Å². The van der Waals surface area contributed by atoms with Crippen LogP contribution in [0.25, 0.3) is 22.4 Å². The molecule has 1 aliphatic rings. The van der Waals surface area contributed by atoms with Crippen LogP contribution in [0.2, 0.25) is 5.02 Å². The summed E-state index contributed by atoms with van der Waals surface area (Å²) in [7, 11) is 0. The Kier molecular flexibility index (Phi) is 2.89. The normalized spacial score (nSPS) is 13.4. The Bertz CT molecular complexity index is 835. The smallest absolute Gasteiger partial charge is 0.141 e. The van der Waals surface area contributed by atoms with Crippen LogP contribution in [0, 0.1) is 0 Å². The molecule has 0 spiro atoms. The van der Waals surface area contributed by atoms with Gasteiger partial charge in [0.25, 0.3) is 0 Å². The molecule has 0 atom stereocenters. The fourth-order valence-electron chi connectivity index (χ4n) is 3.09. The summed E-state index contributed by atoms with van der Waals surface area (Å²) in [5.74, 6) is 1.02. The van der Waals surface area contributed by atoms with Crippen LogP contribution in [0.5, 0.6) is 0 Å². The Labute approximate surface area is 128 Å². The molecule has 0 unspecified atom stereocenters. The molecule has 1 N–H and O–H groups in total. The van der Waals surface area contributed by atoms with Crippen molar-refractivity contribution >= 4 is 28.3 Å². The van der Waals surface area contributed by atoms with Gasteiger partial charge in [0.15, 0.2) is 0 Å². The highest BCUT2D eigenvalue weighted by Crippen LogP contribution is 2.31. The van der Waals surface area contributed by atoms with Crippen molar-refractivity contribution in [2.24, 2.45) is 0 Å². The number of imidazole rings is 1. The summed E-state index contributed by atoms with van der Waals surface area (Å²) in [5.41, 5.74) is 5.89. The minimum atomic E-state index is 0.730. The van der Waals surface area contributed by atoms with Crippen molar-refractivity contribution in [2.75, 3.05) is 11.9 Å². The van der Waals surface area contributed by atoms with Gasteiger partial charge >= 0.3 is 0 Å². The van der Waals surface area contributed by atoms with Crippen molar-refractivity contribution in [1.29, 1.82) is 0 Å². The molecule has 0 bridgehead atoms. The maximum atomic E-state index is 6.09. The molecule has 4 rings (SSSR count). The standard InChI is InChI=1S/C17H16ClN3/c1-2-21-16-6-4-13(18)10-15(16)20-17(21)12-3-5-14-11(9-12)7-8-19-14/h3-6,9-10,19H,2,7-8H2,1H3. The predicted molar refractivity (Wildman–Crippen MR) is 88.0 cm³/mol. The zero-order valence-corrected chi connectivity index (χ0v) is 12.6. The summed E-state index contributed by atoms with van der Waals surface area (Å²) in [6, 6.07) is 12.5. The maximum absolute atomic E-state index is 6.09. The molecule has 106 valence electrons.